The fourth-order valence-electron chi connectivity index (χ4n) is 8.62. The summed E-state index contributed by atoms with van der Waals surface area (Å²) in [6.45, 7) is 1.66. The summed E-state index contributed by atoms with van der Waals surface area (Å²) in [4.78, 5) is 29.4. The molecule has 6 aliphatic rings. The Bertz CT molecular complexity index is 1150. The number of likely N-dealkylation sites (tertiary alicyclic amines) is 1. The number of nitrogens with one attached hydrogen (secondary N) is 1. The number of aryl methyl sites for hydroxylation is 1. The van der Waals surface area contributed by atoms with Crippen molar-refractivity contribution in [2.45, 2.75) is 89.6 Å². The van der Waals surface area contributed by atoms with Crippen molar-refractivity contribution in [3.8, 4) is 11.4 Å². The number of amides is 2. The van der Waals surface area contributed by atoms with Gasteiger partial charge in [0.15, 0.2) is 5.82 Å². The van der Waals surface area contributed by atoms with E-state index in [0.717, 1.165) is 98.6 Å². The van der Waals surface area contributed by atoms with E-state index in [-0.39, 0.29) is 23.3 Å². The predicted molar refractivity (Wildman–Crippen MR) is 137 cm³/mol. The third kappa shape index (κ3) is 3.77. The van der Waals surface area contributed by atoms with Gasteiger partial charge >= 0.3 is 0 Å². The minimum Gasteiger partial charge on any atom is -0.330 e. The van der Waals surface area contributed by atoms with Crippen molar-refractivity contribution >= 4 is 17.5 Å². The van der Waals surface area contributed by atoms with E-state index in [0.29, 0.717) is 6.54 Å². The summed E-state index contributed by atoms with van der Waals surface area (Å²) in [6, 6.07) is 7.58. The average molecular weight is 488 g/mol. The molecule has 3 heterocycles. The van der Waals surface area contributed by atoms with Gasteiger partial charge in [-0.2, -0.15) is 0 Å². The lowest BCUT2D eigenvalue weighted by Crippen LogP contribution is -2.56. The number of aromatic nitrogens is 3. The maximum Gasteiger partial charge on any atom is 0.247 e. The Balaban J connectivity index is 1.08. The third-order valence-electron chi connectivity index (χ3n) is 9.81. The summed E-state index contributed by atoms with van der Waals surface area (Å²) in [5.74, 6) is 4.34. The molecule has 4 aliphatic carbocycles. The van der Waals surface area contributed by atoms with E-state index in [1.165, 1.54) is 25.7 Å². The Morgan fingerprint density at radius 1 is 0.917 bits per heavy atom. The van der Waals surface area contributed by atoms with Crippen LogP contribution in [0.25, 0.3) is 11.4 Å². The first-order valence-electron chi connectivity index (χ1n) is 14.2. The zero-order chi connectivity index (χ0) is 24.3. The smallest absolute Gasteiger partial charge is 0.247 e. The highest BCUT2D eigenvalue weighted by Gasteiger charge is 2.56. The number of hydrogen-bond donors (Lipinski definition) is 1. The topological polar surface area (TPSA) is 80.1 Å². The number of benzene rings is 1. The lowest BCUT2D eigenvalue weighted by molar-refractivity contribution is -0.160. The molecule has 1 aromatic heterocycles. The summed E-state index contributed by atoms with van der Waals surface area (Å²) in [5, 5.41) is 12.1. The Labute approximate surface area is 213 Å². The zero-order valence-corrected chi connectivity index (χ0v) is 21.1. The summed E-state index contributed by atoms with van der Waals surface area (Å²) < 4.78 is 2.23. The van der Waals surface area contributed by atoms with Crippen LogP contribution in [0.1, 0.15) is 76.5 Å². The quantitative estimate of drug-likeness (QED) is 0.671. The molecule has 0 spiro atoms. The van der Waals surface area contributed by atoms with Gasteiger partial charge in [0.05, 0.1) is 5.41 Å². The number of anilines is 1. The van der Waals surface area contributed by atoms with E-state index < -0.39 is 0 Å². The Hall–Kier alpha value is -2.70. The van der Waals surface area contributed by atoms with Gasteiger partial charge in [0, 0.05) is 30.8 Å². The van der Waals surface area contributed by atoms with Crippen molar-refractivity contribution in [1.82, 2.24) is 19.7 Å². The lowest BCUT2D eigenvalue weighted by Gasteiger charge is -2.56. The maximum absolute atomic E-state index is 14.0. The number of rotatable bonds is 4. The van der Waals surface area contributed by atoms with Gasteiger partial charge < -0.3 is 14.8 Å². The van der Waals surface area contributed by atoms with Crippen molar-refractivity contribution in [1.29, 1.82) is 0 Å². The average Bonchev–Trinajstić information content (AvgIpc) is 3.44. The standard InChI is InChI=1S/C29H37N5O2/c35-27(30-23-7-4-6-22(15-23)26-32-31-25-9-2-1-3-10-34(25)26)24-8-5-11-33(24)28(36)29-16-19-12-20(17-29)14-21(13-19)18-29/h4,6-7,15,19-21,24H,1-3,5,8-14,16-18H2,(H,30,35). The molecule has 8 rings (SSSR count). The van der Waals surface area contributed by atoms with Gasteiger partial charge in [0.2, 0.25) is 11.8 Å². The molecule has 2 aliphatic heterocycles. The highest BCUT2D eigenvalue weighted by molar-refractivity contribution is 5.98. The Kier molecular flexibility index (Phi) is 5.44. The third-order valence-corrected chi connectivity index (χ3v) is 9.81. The molecule has 1 saturated heterocycles. The summed E-state index contributed by atoms with van der Waals surface area (Å²) >= 11 is 0. The van der Waals surface area contributed by atoms with Gasteiger partial charge in [-0.05, 0) is 94.1 Å². The van der Waals surface area contributed by atoms with Crippen molar-refractivity contribution < 1.29 is 9.59 Å². The SMILES string of the molecule is O=C(Nc1cccc(-c2nnc3n2CCCCC3)c1)C1CCCN1C(=O)C12CC3CC(CC(C3)C1)C2. The first-order valence-corrected chi connectivity index (χ1v) is 14.2. The molecular formula is C29H37N5O2. The van der Waals surface area contributed by atoms with Gasteiger partial charge in [0.1, 0.15) is 11.9 Å². The Morgan fingerprint density at radius 2 is 1.69 bits per heavy atom. The molecule has 1 atom stereocenters. The lowest BCUT2D eigenvalue weighted by atomic mass is 9.49. The first-order chi connectivity index (χ1) is 17.6. The Morgan fingerprint density at radius 3 is 2.47 bits per heavy atom. The van der Waals surface area contributed by atoms with Crippen LogP contribution in [0.2, 0.25) is 0 Å². The molecule has 4 bridgehead atoms. The van der Waals surface area contributed by atoms with Gasteiger partial charge in [-0.15, -0.1) is 10.2 Å². The van der Waals surface area contributed by atoms with Crippen molar-refractivity contribution in [2.75, 3.05) is 11.9 Å². The number of carbonyl (C=O) groups excluding carboxylic acids is 2. The summed E-state index contributed by atoms with van der Waals surface area (Å²) in [5.41, 5.74) is 1.54. The number of nitrogens with zero attached hydrogens (tertiary/aromatic N) is 4. The van der Waals surface area contributed by atoms with Gasteiger partial charge in [-0.1, -0.05) is 18.6 Å². The molecule has 0 radical (unpaired) electrons. The second-order valence-corrected chi connectivity index (χ2v) is 12.3. The second kappa shape index (κ2) is 8.70. The molecule has 36 heavy (non-hydrogen) atoms. The molecule has 1 aromatic carbocycles. The van der Waals surface area contributed by atoms with Crippen LogP contribution in [-0.4, -0.2) is 44.1 Å². The van der Waals surface area contributed by atoms with E-state index in [4.69, 9.17) is 0 Å². The van der Waals surface area contributed by atoms with E-state index >= 15 is 0 Å². The van der Waals surface area contributed by atoms with Crippen molar-refractivity contribution in [3.05, 3.63) is 30.1 Å². The van der Waals surface area contributed by atoms with Crippen LogP contribution in [-0.2, 0) is 22.6 Å². The normalized spacial score (nSPS) is 32.8. The minimum absolute atomic E-state index is 0.0530. The van der Waals surface area contributed by atoms with E-state index in [1.54, 1.807) is 0 Å². The zero-order valence-electron chi connectivity index (χ0n) is 21.1. The van der Waals surface area contributed by atoms with E-state index in [1.807, 2.05) is 29.2 Å². The van der Waals surface area contributed by atoms with Crippen molar-refractivity contribution in [3.63, 3.8) is 0 Å². The molecule has 2 aromatic rings. The fourth-order valence-corrected chi connectivity index (χ4v) is 8.62. The van der Waals surface area contributed by atoms with Crippen LogP contribution in [0.3, 0.4) is 0 Å². The second-order valence-electron chi connectivity index (χ2n) is 12.3. The van der Waals surface area contributed by atoms with Crippen LogP contribution >= 0.6 is 0 Å². The van der Waals surface area contributed by atoms with Crippen LogP contribution in [0, 0.1) is 23.2 Å². The molecule has 2 amide bonds. The highest BCUT2D eigenvalue weighted by Crippen LogP contribution is 2.60. The van der Waals surface area contributed by atoms with Gasteiger partial charge in [-0.25, -0.2) is 0 Å². The summed E-state index contributed by atoms with van der Waals surface area (Å²) in [6.07, 6.45) is 13.3. The van der Waals surface area contributed by atoms with Crippen molar-refractivity contribution in [2.24, 2.45) is 23.2 Å². The molecule has 190 valence electrons. The van der Waals surface area contributed by atoms with Crippen LogP contribution < -0.4 is 5.32 Å². The molecule has 1 N–H and O–H groups in total. The molecular weight excluding hydrogens is 450 g/mol. The van der Waals surface area contributed by atoms with Crippen LogP contribution in [0.15, 0.2) is 24.3 Å². The molecule has 7 heteroatoms. The highest BCUT2D eigenvalue weighted by atomic mass is 16.2. The van der Waals surface area contributed by atoms with Gasteiger partial charge in [-0.3, -0.25) is 9.59 Å². The van der Waals surface area contributed by atoms with E-state index in [2.05, 4.69) is 20.1 Å². The number of carbonyl (C=O) groups is 2. The minimum atomic E-state index is -0.362. The molecule has 4 saturated carbocycles. The first kappa shape index (κ1) is 22.5. The predicted octanol–water partition coefficient (Wildman–Crippen LogP) is 4.82. The number of hydrogen-bond acceptors (Lipinski definition) is 4. The van der Waals surface area contributed by atoms with E-state index in [9.17, 15) is 9.59 Å². The van der Waals surface area contributed by atoms with Crippen LogP contribution in [0.5, 0.6) is 0 Å². The van der Waals surface area contributed by atoms with Crippen LogP contribution in [0.4, 0.5) is 5.69 Å². The number of fused-ring (bicyclic) bond motifs is 1. The fraction of sp³-hybridized carbons (Fsp3) is 0.655. The maximum atomic E-state index is 14.0. The molecule has 1 unspecified atom stereocenters. The summed E-state index contributed by atoms with van der Waals surface area (Å²) in [7, 11) is 0. The molecule has 5 fully saturated rings. The monoisotopic (exact) mass is 487 g/mol. The van der Waals surface area contributed by atoms with Gasteiger partial charge in [0.25, 0.3) is 0 Å². The largest absolute Gasteiger partial charge is 0.330 e. The molecule has 7 nitrogen and oxygen atoms in total.